The van der Waals surface area contributed by atoms with Crippen LogP contribution in [0.2, 0.25) is 0 Å². The number of hydrogen-bond donors (Lipinski definition) is 7. The number of hydrazone groups is 3. The molecule has 9 rings (SSSR count). The van der Waals surface area contributed by atoms with Crippen LogP contribution in [0.3, 0.4) is 0 Å². The Bertz CT molecular complexity index is 4660. The maximum atomic E-state index is 11.7. The van der Waals surface area contributed by atoms with Gasteiger partial charge in [-0.3, -0.25) is 30.2 Å². The van der Waals surface area contributed by atoms with Crippen LogP contribution in [-0.4, -0.2) is 251 Å². The van der Waals surface area contributed by atoms with E-state index in [4.69, 9.17) is 19.3 Å². The molecule has 2 fully saturated rings. The molecule has 40 heteroatoms. The van der Waals surface area contributed by atoms with Gasteiger partial charge in [-0.1, -0.05) is 267 Å². The molecule has 0 bridgehead atoms. The summed E-state index contributed by atoms with van der Waals surface area (Å²) in [5, 5.41) is 27.6. The molecular weight excluding hydrogens is 2240 g/mol. The topological polar surface area (TPSA) is 420 Å². The van der Waals surface area contributed by atoms with Crippen LogP contribution in [0.25, 0.3) is 33.9 Å². The van der Waals surface area contributed by atoms with E-state index in [1.165, 1.54) is 58.6 Å². The number of morpholine rings is 2. The molecule has 2 aliphatic heterocycles. The molecule has 797 valence electrons. The van der Waals surface area contributed by atoms with Gasteiger partial charge in [0.25, 0.3) is 0 Å². The van der Waals surface area contributed by atoms with Gasteiger partial charge in [-0.2, -0.15) is 25.5 Å². The normalized spacial score (nSPS) is 11.7. The van der Waals surface area contributed by atoms with Crippen LogP contribution in [0.1, 0.15) is 244 Å². The summed E-state index contributed by atoms with van der Waals surface area (Å²) in [4.78, 5) is 91.3. The number of aromatic nitrogens is 4. The smallest absolute Gasteiger partial charge is 0.870 e. The number of benzene rings is 5. The Balaban J connectivity index is -0.000000289. The fourth-order valence-electron chi connectivity index (χ4n) is 11.5. The van der Waals surface area contributed by atoms with Gasteiger partial charge < -0.3 is 74.7 Å². The van der Waals surface area contributed by atoms with Gasteiger partial charge in [0.1, 0.15) is 12.4 Å². The monoisotopic (exact) mass is 2410 g/mol. The number of aldehydes is 1. The van der Waals surface area contributed by atoms with Gasteiger partial charge >= 0.3 is 130 Å². The average molecular weight is 2410 g/mol. The van der Waals surface area contributed by atoms with E-state index < -0.39 is 29.8 Å². The third kappa shape index (κ3) is 67.0. The molecule has 4 heterocycles. The second-order valence-corrected chi connectivity index (χ2v) is 51.9. The zero-order chi connectivity index (χ0) is 108. The van der Waals surface area contributed by atoms with E-state index in [0.717, 1.165) is 105 Å². The van der Waals surface area contributed by atoms with Crippen molar-refractivity contribution in [1.82, 2.24) is 56.0 Å². The van der Waals surface area contributed by atoms with Gasteiger partial charge in [0, 0.05) is 78.4 Å². The number of hydrazine groups is 1. The zero-order valence-corrected chi connectivity index (χ0v) is 98.7. The number of halogens is 4. The summed E-state index contributed by atoms with van der Waals surface area (Å²) in [5.41, 5.74) is 26.4. The van der Waals surface area contributed by atoms with Crippen molar-refractivity contribution >= 4 is 150 Å². The van der Waals surface area contributed by atoms with Crippen LogP contribution in [0.5, 0.6) is 0 Å². The van der Waals surface area contributed by atoms with Crippen molar-refractivity contribution < 1.29 is 114 Å². The number of carboxylic acid groups (broad SMARTS) is 1. The van der Waals surface area contributed by atoms with Gasteiger partial charge in [-0.15, -0.1) is 0 Å². The first kappa shape index (κ1) is 147. The van der Waals surface area contributed by atoms with Crippen molar-refractivity contribution in [3.63, 3.8) is 0 Å². The number of carbonyl (C=O) groups is 8. The molecule has 143 heavy (non-hydrogen) atoms. The second kappa shape index (κ2) is 83.5. The van der Waals surface area contributed by atoms with Gasteiger partial charge in [-0.05, 0) is 173 Å². The van der Waals surface area contributed by atoms with Gasteiger partial charge in [0.2, 0.25) is 10.9 Å². The number of ether oxygens (including phenoxy) is 7. The first-order chi connectivity index (χ1) is 65.7. The Morgan fingerprint density at radius 1 is 0.517 bits per heavy atom. The molecule has 0 aliphatic carbocycles. The summed E-state index contributed by atoms with van der Waals surface area (Å²) in [6.07, 6.45) is 2.32. The van der Waals surface area contributed by atoms with Crippen molar-refractivity contribution in [2.45, 2.75) is 201 Å². The molecule has 2 aliphatic rings. The molecule has 1 radical (unpaired) electrons. The third-order valence-corrected chi connectivity index (χ3v) is 19.7. The minimum absolute atomic E-state index is 0. The number of Topliss-reactive ketones (excluding diaryl/α,β-unsaturated/α-hetero) is 1. The standard InChI is InChI=1S/C17H22N2O2.2C16H23NO.C15H18N2O2.C12H16O.C6H15N.C5H9BrN2O2.2C5H10N2O2.C4H6O3.CH6N2.CH4.BHNS.I3.Li.H2O/c1-6-21-16(20)14-11-15(19(5)18-14)12-7-9-13(10-8-12)17(2,3)4;2*1-13(17-9-11-18-12-10-17)14-5-7-15(8-6-14)16(2,3)4;1-15(2,3)11-7-5-10(6-8-11)13-9-12(14(18)19)16-17(13)4;1-9(13)10-5-7-11(8-6-10)12(2,3)4;1-4-7(5-2)6-3;1-3-10-5(9)4(6)8-7-2;2*1-3-9-5(8)4-7-6-2;1-2-7-4(6)3-5;1-3-2;;1-2-3;1-3-2;;/h7-11H,6H2,1-5H3;2*5-8H,1,9-12H2,2-4H3;5-9H,1-4H3,(H,18,19);5-8H,1-4H3;4-6H2,1-3H3;7H,3H2,1-2H3;2*4,6H,3H2,1-2H3;3H,2H2,1H3;3H,2H2,1H3;1H4;3H;;;1H2/q;;;;;;;;;;;;;-1;+1;/p-1/b;;;;;;8-4-;2*7-4+;;;;;;;. The van der Waals surface area contributed by atoms with Crippen molar-refractivity contribution in [2.24, 2.45) is 39.5 Å². The molecule has 0 atom stereocenters. The molecule has 0 amide bonds. The predicted octanol–water partition coefficient (Wildman–Crippen LogP) is 13.0. The largest absolute Gasteiger partial charge is 1.00 e. The number of carboxylic acids is 1. The number of aromatic carboxylic acids is 1. The van der Waals surface area contributed by atoms with Crippen LogP contribution in [-0.2, 0) is 98.3 Å². The predicted molar refractivity (Wildman–Crippen MR) is 600 cm³/mol. The van der Waals surface area contributed by atoms with E-state index in [1.54, 1.807) is 98.3 Å². The first-order valence-electron chi connectivity index (χ1n) is 45.7. The van der Waals surface area contributed by atoms with E-state index in [1.807, 2.05) is 43.4 Å². The van der Waals surface area contributed by atoms with Gasteiger partial charge in [0.15, 0.2) is 17.2 Å². The average Bonchev–Trinajstić information content (AvgIpc) is 1.70. The van der Waals surface area contributed by atoms with Crippen molar-refractivity contribution in [3.05, 3.63) is 203 Å². The number of nitrogens with zero attached hydrogens (tertiary/aromatic N) is 11. The summed E-state index contributed by atoms with van der Waals surface area (Å²) in [5.74, 6) is 1.22. The van der Waals surface area contributed by atoms with E-state index in [0.29, 0.717) is 45.4 Å². The Hall–Kier alpha value is -8.59. The Morgan fingerprint density at radius 2 is 0.783 bits per heavy atom. The molecular formula is C103H164BBrI3LiN16O17S-. The number of thiol groups is 1. The Morgan fingerprint density at radius 3 is 1.01 bits per heavy atom. The molecule has 2 saturated heterocycles. The van der Waals surface area contributed by atoms with E-state index in [-0.39, 0.29) is 93.8 Å². The Kier molecular flexibility index (Phi) is 86.0. The summed E-state index contributed by atoms with van der Waals surface area (Å²) < 4.78 is 39.7. The molecule has 0 spiro atoms. The van der Waals surface area contributed by atoms with Crippen LogP contribution >= 0.6 is 66.0 Å². The number of ketones is 1. The molecule has 0 saturated carbocycles. The summed E-state index contributed by atoms with van der Waals surface area (Å²) >= 11 is 11.4. The molecule has 8 N–H and O–H groups in total. The Labute approximate surface area is 910 Å². The van der Waals surface area contributed by atoms with E-state index in [9.17, 15) is 38.4 Å². The number of nitrogens with two attached hydrogens (primary N) is 1. The molecule has 33 nitrogen and oxygen atoms in total. The number of esters is 5. The van der Waals surface area contributed by atoms with Crippen LogP contribution < -0.4 is 59.7 Å². The van der Waals surface area contributed by atoms with Gasteiger partial charge in [0.05, 0.1) is 70.8 Å². The van der Waals surface area contributed by atoms with E-state index >= 15 is 0 Å². The SMILES string of the molecule is C.C=C(c1ccc(C(C)(C)C)cc1)N1CCOCC1.C=C(c1ccc(C(C)(C)C)cc1)N1CCOCC1.CC(=O)c1ccc(C(C)(C)C)cc1.CCN(CC)CC.CCOC(=O)/C(Br)=N/NC.CCOC(=O)/C=N/NC.CCOC(=O)/C=N/NC.CCOC(=O)C=O.CCOC(=O)c1cc(-c2ccc(C(C)(C)C)cc2)n(C)n1.CNN.Cn1nc(C(=O)O)cc1-c1ccc(C(C)(C)C)cc1.I[I-]I.[B]=NS.[Li+].[OH-]. The quantitative estimate of drug-likeness (QED) is 0.00252. The fraction of sp³-hybridized carbons (Fsp3) is 0.505. The summed E-state index contributed by atoms with van der Waals surface area (Å²) in [6, 6.07) is 45.3. The zero-order valence-electron chi connectivity index (χ0n) is 89.7. The number of hydrogen-bond acceptors (Lipinski definition) is 31. The number of nitrogens with one attached hydrogen (secondary N) is 4. The second-order valence-electron chi connectivity index (χ2n) is 34.6. The molecule has 5 aromatic carbocycles. The minimum Gasteiger partial charge on any atom is -0.870 e. The molecule has 0 unspecified atom stereocenters. The van der Waals surface area contributed by atoms with Crippen molar-refractivity contribution in [2.75, 3.05) is 133 Å². The van der Waals surface area contributed by atoms with Crippen LogP contribution in [0, 0.1) is 0 Å². The van der Waals surface area contributed by atoms with Crippen molar-refractivity contribution in [1.29, 1.82) is 0 Å². The number of rotatable bonds is 24. The fourth-order valence-corrected chi connectivity index (χ4v) is 11.8. The summed E-state index contributed by atoms with van der Waals surface area (Å²) in [6.45, 7) is 70.4. The van der Waals surface area contributed by atoms with Gasteiger partial charge in [-0.25, -0.2) is 28.8 Å². The van der Waals surface area contributed by atoms with Crippen LogP contribution in [0.4, 0.5) is 0 Å². The summed E-state index contributed by atoms with van der Waals surface area (Å²) in [7, 11) is 14.4. The maximum Gasteiger partial charge on any atom is 1.00 e. The third-order valence-electron chi connectivity index (χ3n) is 19.2. The van der Waals surface area contributed by atoms with Crippen molar-refractivity contribution in [3.8, 4) is 22.5 Å². The van der Waals surface area contributed by atoms with Crippen LogP contribution in [0.15, 0.2) is 166 Å². The number of carbonyl (C=O) groups excluding carboxylic acids is 7. The maximum absolute atomic E-state index is 11.7. The molecule has 2 aromatic heterocycles. The van der Waals surface area contributed by atoms with E-state index in [2.05, 4.69) is 387 Å². The number of aryl methyl sites for hydroxylation is 2. The first-order valence-corrected chi connectivity index (χ1v) is 59.5. The minimum atomic E-state index is -1.01. The molecule has 7 aromatic rings.